The van der Waals surface area contributed by atoms with Crippen molar-refractivity contribution in [2.24, 2.45) is 5.92 Å². The standard InChI is InChI=1S/C23H28N4O3S/c1-26(2)15-8-10-16(11-9-15)27-20-17(12-18(28)21(29)19(20)25-23(27)31)22(30)24-13-14-6-4-3-5-7-14/h3-11,17-21,28-29H,12-13H2,1-2H3,(H,24,30)(H,25,31)/t17-,18-,19-,20+,21+/m1/s1. The lowest BCUT2D eigenvalue weighted by atomic mass is 9.77. The number of hydrogen-bond donors (Lipinski definition) is 4. The van der Waals surface area contributed by atoms with E-state index < -0.39 is 30.2 Å². The molecule has 2 fully saturated rings. The molecule has 1 saturated carbocycles. The van der Waals surface area contributed by atoms with E-state index in [0.29, 0.717) is 11.7 Å². The first-order valence-corrected chi connectivity index (χ1v) is 10.8. The van der Waals surface area contributed by atoms with Gasteiger partial charge in [-0.15, -0.1) is 0 Å². The minimum absolute atomic E-state index is 0.161. The fourth-order valence-electron chi connectivity index (χ4n) is 4.47. The monoisotopic (exact) mass is 440 g/mol. The van der Waals surface area contributed by atoms with Crippen LogP contribution in [0.2, 0.25) is 0 Å². The zero-order valence-corrected chi connectivity index (χ0v) is 18.4. The highest BCUT2D eigenvalue weighted by atomic mass is 32.1. The van der Waals surface area contributed by atoms with E-state index >= 15 is 0 Å². The van der Waals surface area contributed by atoms with Crippen LogP contribution in [-0.4, -0.2) is 59.6 Å². The van der Waals surface area contributed by atoms with Gasteiger partial charge in [-0.25, -0.2) is 0 Å². The molecule has 7 nitrogen and oxygen atoms in total. The topological polar surface area (TPSA) is 88.1 Å². The van der Waals surface area contributed by atoms with Gasteiger partial charge in [0, 0.05) is 32.0 Å². The molecule has 4 N–H and O–H groups in total. The molecule has 1 heterocycles. The predicted octanol–water partition coefficient (Wildman–Crippen LogP) is 1.24. The summed E-state index contributed by atoms with van der Waals surface area (Å²) in [6.45, 7) is 0.404. The molecule has 31 heavy (non-hydrogen) atoms. The van der Waals surface area contributed by atoms with Crippen molar-refractivity contribution in [3.8, 4) is 0 Å². The van der Waals surface area contributed by atoms with Crippen molar-refractivity contribution in [2.75, 3.05) is 23.9 Å². The first kappa shape index (κ1) is 21.5. The lowest BCUT2D eigenvalue weighted by Gasteiger charge is -2.41. The molecular formula is C23H28N4O3S. The van der Waals surface area contributed by atoms with Gasteiger partial charge in [-0.2, -0.15) is 0 Å². The quantitative estimate of drug-likeness (QED) is 0.521. The molecule has 0 radical (unpaired) electrons. The van der Waals surface area contributed by atoms with E-state index in [-0.39, 0.29) is 12.3 Å². The van der Waals surface area contributed by atoms with Crippen molar-refractivity contribution in [3.63, 3.8) is 0 Å². The Hall–Kier alpha value is -2.68. The van der Waals surface area contributed by atoms with Gasteiger partial charge in [0.15, 0.2) is 5.11 Å². The molecule has 1 aliphatic carbocycles. The Morgan fingerprint density at radius 3 is 2.48 bits per heavy atom. The van der Waals surface area contributed by atoms with Crippen molar-refractivity contribution in [1.29, 1.82) is 0 Å². The third-order valence-corrected chi connectivity index (χ3v) is 6.45. The van der Waals surface area contributed by atoms with Gasteiger partial charge in [-0.3, -0.25) is 4.79 Å². The number of aliphatic hydroxyl groups excluding tert-OH is 2. The van der Waals surface area contributed by atoms with Crippen LogP contribution in [0.4, 0.5) is 11.4 Å². The number of benzene rings is 2. The van der Waals surface area contributed by atoms with Crippen LogP contribution in [0.3, 0.4) is 0 Å². The molecule has 2 aliphatic rings. The van der Waals surface area contributed by atoms with Crippen molar-refractivity contribution >= 4 is 34.6 Å². The maximum atomic E-state index is 13.2. The molecule has 164 valence electrons. The largest absolute Gasteiger partial charge is 0.390 e. The molecule has 8 heteroatoms. The SMILES string of the molecule is CN(C)c1ccc(N2C(=S)N[C@H]3[C@@H](O)[C@H](O)C[C@@H](C(=O)NCc4ccccc4)[C@@H]32)cc1. The molecule has 0 bridgehead atoms. The number of amides is 1. The molecule has 4 rings (SSSR count). The summed E-state index contributed by atoms with van der Waals surface area (Å²) in [7, 11) is 3.94. The van der Waals surface area contributed by atoms with Gasteiger partial charge in [0.25, 0.3) is 0 Å². The van der Waals surface area contributed by atoms with Crippen LogP contribution in [0, 0.1) is 5.92 Å². The third kappa shape index (κ3) is 4.23. The number of hydrogen-bond acceptors (Lipinski definition) is 5. The smallest absolute Gasteiger partial charge is 0.225 e. The Balaban J connectivity index is 1.60. The number of carbonyl (C=O) groups excluding carboxylic acids is 1. The Morgan fingerprint density at radius 2 is 1.84 bits per heavy atom. The fraction of sp³-hybridized carbons (Fsp3) is 0.391. The van der Waals surface area contributed by atoms with E-state index in [1.54, 1.807) is 0 Å². The first-order chi connectivity index (χ1) is 14.9. The zero-order chi connectivity index (χ0) is 22.1. The van der Waals surface area contributed by atoms with Gasteiger partial charge in [0.2, 0.25) is 5.91 Å². The molecule has 1 aliphatic heterocycles. The minimum Gasteiger partial charge on any atom is -0.390 e. The van der Waals surface area contributed by atoms with Crippen LogP contribution in [0.1, 0.15) is 12.0 Å². The van der Waals surface area contributed by atoms with Gasteiger partial charge in [-0.05, 0) is 48.5 Å². The van der Waals surface area contributed by atoms with Crippen molar-refractivity contribution in [2.45, 2.75) is 37.3 Å². The fourth-order valence-corrected chi connectivity index (χ4v) is 4.83. The average molecular weight is 441 g/mol. The molecule has 2 aromatic carbocycles. The Labute approximate surface area is 187 Å². The molecular weight excluding hydrogens is 412 g/mol. The second-order valence-corrected chi connectivity index (χ2v) is 8.74. The molecule has 1 amide bonds. The summed E-state index contributed by atoms with van der Waals surface area (Å²) in [5, 5.41) is 27.6. The Bertz CT molecular complexity index is 938. The van der Waals surface area contributed by atoms with Crippen molar-refractivity contribution < 1.29 is 15.0 Å². The number of nitrogens with zero attached hydrogens (tertiary/aromatic N) is 2. The predicted molar refractivity (Wildman–Crippen MR) is 125 cm³/mol. The van der Waals surface area contributed by atoms with E-state index in [1.807, 2.05) is 78.5 Å². The summed E-state index contributed by atoms with van der Waals surface area (Å²) in [4.78, 5) is 17.1. The molecule has 5 atom stereocenters. The molecule has 0 aromatic heterocycles. The van der Waals surface area contributed by atoms with E-state index in [1.165, 1.54) is 0 Å². The summed E-state index contributed by atoms with van der Waals surface area (Å²) in [5.74, 6) is -0.695. The van der Waals surface area contributed by atoms with Crippen molar-refractivity contribution in [3.05, 3.63) is 60.2 Å². The van der Waals surface area contributed by atoms with Crippen LogP contribution in [0.15, 0.2) is 54.6 Å². The lowest BCUT2D eigenvalue weighted by molar-refractivity contribution is -0.131. The van der Waals surface area contributed by atoms with Gasteiger partial charge < -0.3 is 30.6 Å². The number of carbonyl (C=O) groups is 1. The van der Waals surface area contributed by atoms with Gasteiger partial charge in [0.05, 0.1) is 24.1 Å². The summed E-state index contributed by atoms with van der Waals surface area (Å²) >= 11 is 5.57. The molecule has 0 spiro atoms. The zero-order valence-electron chi connectivity index (χ0n) is 17.6. The second-order valence-electron chi connectivity index (χ2n) is 8.35. The summed E-state index contributed by atoms with van der Waals surface area (Å²) in [6.07, 6.45) is -1.84. The number of fused-ring (bicyclic) bond motifs is 1. The van der Waals surface area contributed by atoms with Crippen molar-refractivity contribution in [1.82, 2.24) is 10.6 Å². The van der Waals surface area contributed by atoms with E-state index in [0.717, 1.165) is 16.9 Å². The van der Waals surface area contributed by atoms with Crippen LogP contribution in [0.25, 0.3) is 0 Å². The van der Waals surface area contributed by atoms with Crippen LogP contribution < -0.4 is 20.4 Å². The summed E-state index contributed by atoms with van der Waals surface area (Å²) in [6, 6.07) is 16.7. The summed E-state index contributed by atoms with van der Waals surface area (Å²) < 4.78 is 0. The number of thiocarbonyl (C=S) groups is 1. The first-order valence-electron chi connectivity index (χ1n) is 10.4. The highest BCUT2D eigenvalue weighted by Crippen LogP contribution is 2.37. The number of rotatable bonds is 5. The van der Waals surface area contributed by atoms with E-state index in [9.17, 15) is 15.0 Å². The van der Waals surface area contributed by atoms with Crippen LogP contribution >= 0.6 is 12.2 Å². The Kier molecular flexibility index (Phi) is 6.13. The lowest BCUT2D eigenvalue weighted by Crippen LogP contribution is -2.60. The second kappa shape index (κ2) is 8.82. The highest BCUT2D eigenvalue weighted by Gasteiger charge is 2.53. The highest BCUT2D eigenvalue weighted by molar-refractivity contribution is 7.80. The van der Waals surface area contributed by atoms with E-state index in [4.69, 9.17) is 12.2 Å². The maximum absolute atomic E-state index is 13.2. The van der Waals surface area contributed by atoms with Crippen LogP contribution in [0.5, 0.6) is 0 Å². The van der Waals surface area contributed by atoms with Gasteiger partial charge in [-0.1, -0.05) is 30.3 Å². The summed E-state index contributed by atoms with van der Waals surface area (Å²) in [5.41, 5.74) is 2.90. The third-order valence-electron chi connectivity index (χ3n) is 6.14. The maximum Gasteiger partial charge on any atom is 0.225 e. The number of anilines is 2. The molecule has 2 aromatic rings. The Morgan fingerprint density at radius 1 is 1.16 bits per heavy atom. The minimum atomic E-state index is -1.01. The molecule has 1 saturated heterocycles. The van der Waals surface area contributed by atoms with E-state index in [2.05, 4.69) is 10.6 Å². The normalized spacial score (nSPS) is 27.4. The average Bonchev–Trinajstić information content (AvgIpc) is 3.12. The number of aliphatic hydroxyl groups is 2. The van der Waals surface area contributed by atoms with Gasteiger partial charge >= 0.3 is 0 Å². The van der Waals surface area contributed by atoms with Gasteiger partial charge in [0.1, 0.15) is 6.10 Å². The number of nitrogens with one attached hydrogen (secondary N) is 2. The molecule has 0 unspecified atom stereocenters. The van der Waals surface area contributed by atoms with Crippen LogP contribution in [-0.2, 0) is 11.3 Å².